The molecule has 0 aromatic heterocycles. The fourth-order valence-corrected chi connectivity index (χ4v) is 0.450. The Morgan fingerprint density at radius 2 is 2.25 bits per heavy atom. The van der Waals surface area contributed by atoms with E-state index in [2.05, 4.69) is 27.8 Å². The number of halogens is 1. The van der Waals surface area contributed by atoms with Crippen molar-refractivity contribution < 1.29 is 4.74 Å². The van der Waals surface area contributed by atoms with Gasteiger partial charge in [0.05, 0.1) is 5.33 Å². The van der Waals surface area contributed by atoms with E-state index >= 15 is 0 Å². The fourth-order valence-electron chi connectivity index (χ4n) is 0.251. The number of hydrogen-bond donors (Lipinski definition) is 0. The van der Waals surface area contributed by atoms with Gasteiger partial charge in [0.1, 0.15) is 6.61 Å². The molecule has 0 bridgehead atoms. The lowest BCUT2D eigenvalue weighted by Crippen LogP contribution is -1.88. The topological polar surface area (TPSA) is 9.23 Å². The third-order valence-electron chi connectivity index (χ3n) is 0.570. The van der Waals surface area contributed by atoms with Crippen molar-refractivity contribution in [3.05, 3.63) is 0 Å². The Morgan fingerprint density at radius 1 is 1.50 bits per heavy atom. The van der Waals surface area contributed by atoms with Gasteiger partial charge in [-0.2, -0.15) is 0 Å². The molecule has 46 valence electrons. The summed E-state index contributed by atoms with van der Waals surface area (Å²) in [6.07, 6.45) is 0. The molecule has 0 saturated heterocycles. The molecule has 2 heteroatoms. The van der Waals surface area contributed by atoms with Crippen molar-refractivity contribution in [2.24, 2.45) is 0 Å². The SMILES string of the molecule is CCOCC#CCBr. The largest absolute Gasteiger partial charge is 0.369 e. The van der Waals surface area contributed by atoms with Gasteiger partial charge >= 0.3 is 0 Å². The van der Waals surface area contributed by atoms with Crippen molar-refractivity contribution >= 4 is 15.9 Å². The van der Waals surface area contributed by atoms with Gasteiger partial charge in [-0.15, -0.1) is 0 Å². The Morgan fingerprint density at radius 3 is 2.75 bits per heavy atom. The monoisotopic (exact) mass is 176 g/mol. The molecule has 0 unspecified atom stereocenters. The molecular formula is C6H9BrO. The van der Waals surface area contributed by atoms with Gasteiger partial charge < -0.3 is 4.74 Å². The van der Waals surface area contributed by atoms with E-state index in [1.807, 2.05) is 6.92 Å². The van der Waals surface area contributed by atoms with Crippen LogP contribution in [0, 0.1) is 11.8 Å². The molecule has 0 saturated carbocycles. The standard InChI is InChI=1S/C6H9BrO/c1-2-8-6-4-3-5-7/h2,5-6H2,1H3. The molecule has 0 atom stereocenters. The van der Waals surface area contributed by atoms with Gasteiger partial charge in [-0.3, -0.25) is 0 Å². The number of hydrogen-bond acceptors (Lipinski definition) is 1. The van der Waals surface area contributed by atoms with Crippen molar-refractivity contribution in [2.75, 3.05) is 18.5 Å². The lowest BCUT2D eigenvalue weighted by atomic mass is 10.6. The summed E-state index contributed by atoms with van der Waals surface area (Å²) in [5, 5.41) is 0.736. The van der Waals surface area contributed by atoms with Crippen LogP contribution in [-0.4, -0.2) is 18.5 Å². The second kappa shape index (κ2) is 7.00. The van der Waals surface area contributed by atoms with Crippen molar-refractivity contribution in [1.29, 1.82) is 0 Å². The molecule has 0 aromatic carbocycles. The van der Waals surface area contributed by atoms with Crippen LogP contribution in [0.25, 0.3) is 0 Å². The van der Waals surface area contributed by atoms with Gasteiger partial charge in [0, 0.05) is 6.61 Å². The minimum atomic E-state index is 0.558. The summed E-state index contributed by atoms with van der Waals surface area (Å²) < 4.78 is 4.94. The van der Waals surface area contributed by atoms with E-state index in [0.29, 0.717) is 6.61 Å². The summed E-state index contributed by atoms with van der Waals surface area (Å²) in [7, 11) is 0. The predicted octanol–water partition coefficient (Wildman–Crippen LogP) is 1.42. The zero-order valence-electron chi connectivity index (χ0n) is 4.91. The first-order chi connectivity index (χ1) is 3.91. The zero-order valence-corrected chi connectivity index (χ0v) is 6.49. The van der Waals surface area contributed by atoms with E-state index in [1.54, 1.807) is 0 Å². The maximum absolute atomic E-state index is 4.94. The smallest absolute Gasteiger partial charge is 0.107 e. The van der Waals surface area contributed by atoms with Crippen LogP contribution in [0.2, 0.25) is 0 Å². The molecule has 0 spiro atoms. The zero-order chi connectivity index (χ0) is 6.24. The summed E-state index contributed by atoms with van der Waals surface area (Å²) in [5.41, 5.74) is 0. The first-order valence-corrected chi connectivity index (χ1v) is 3.63. The summed E-state index contributed by atoms with van der Waals surface area (Å²) in [5.74, 6) is 5.64. The molecule has 0 fully saturated rings. The Labute approximate surface area is 58.5 Å². The first-order valence-electron chi connectivity index (χ1n) is 2.51. The average molecular weight is 177 g/mol. The lowest BCUT2D eigenvalue weighted by Gasteiger charge is -1.87. The molecule has 0 amide bonds. The maximum Gasteiger partial charge on any atom is 0.107 e. The molecular weight excluding hydrogens is 168 g/mol. The number of alkyl halides is 1. The van der Waals surface area contributed by atoms with Crippen molar-refractivity contribution in [2.45, 2.75) is 6.92 Å². The van der Waals surface area contributed by atoms with Crippen molar-refractivity contribution in [3.63, 3.8) is 0 Å². The Kier molecular flexibility index (Phi) is 7.00. The van der Waals surface area contributed by atoms with Gasteiger partial charge in [0.2, 0.25) is 0 Å². The van der Waals surface area contributed by atoms with Crippen LogP contribution in [0.3, 0.4) is 0 Å². The quantitative estimate of drug-likeness (QED) is 0.352. The second-order valence-electron chi connectivity index (χ2n) is 1.12. The molecule has 1 nitrogen and oxygen atoms in total. The van der Waals surface area contributed by atoms with E-state index in [4.69, 9.17) is 4.74 Å². The van der Waals surface area contributed by atoms with Crippen molar-refractivity contribution in [3.8, 4) is 11.8 Å². The highest BCUT2D eigenvalue weighted by Crippen LogP contribution is 1.73. The molecule has 0 aliphatic heterocycles. The third-order valence-corrected chi connectivity index (χ3v) is 0.851. The van der Waals surface area contributed by atoms with Gasteiger partial charge in [-0.05, 0) is 6.92 Å². The predicted molar refractivity (Wildman–Crippen MR) is 38.1 cm³/mol. The lowest BCUT2D eigenvalue weighted by molar-refractivity contribution is 0.182. The third kappa shape index (κ3) is 6.00. The van der Waals surface area contributed by atoms with Crippen LogP contribution < -0.4 is 0 Å². The number of ether oxygens (including phenoxy) is 1. The normalized spacial score (nSPS) is 7.75. The average Bonchev–Trinajstić information content (AvgIpc) is 1.81. The Balaban J connectivity index is 2.90. The summed E-state index contributed by atoms with van der Waals surface area (Å²) in [4.78, 5) is 0. The number of rotatable bonds is 2. The van der Waals surface area contributed by atoms with E-state index in [1.165, 1.54) is 0 Å². The van der Waals surface area contributed by atoms with Gasteiger partial charge in [-0.1, -0.05) is 27.8 Å². The van der Waals surface area contributed by atoms with Gasteiger partial charge in [0.25, 0.3) is 0 Å². The summed E-state index contributed by atoms with van der Waals surface area (Å²) >= 11 is 3.17. The van der Waals surface area contributed by atoms with Gasteiger partial charge in [0.15, 0.2) is 0 Å². The van der Waals surface area contributed by atoms with Crippen LogP contribution in [0.4, 0.5) is 0 Å². The van der Waals surface area contributed by atoms with Crippen LogP contribution in [0.15, 0.2) is 0 Å². The molecule has 0 N–H and O–H groups in total. The molecule has 0 radical (unpaired) electrons. The molecule has 0 aliphatic carbocycles. The van der Waals surface area contributed by atoms with Crippen LogP contribution >= 0.6 is 15.9 Å². The van der Waals surface area contributed by atoms with E-state index < -0.39 is 0 Å². The molecule has 0 rings (SSSR count). The molecule has 0 aromatic rings. The highest BCUT2D eigenvalue weighted by atomic mass is 79.9. The highest BCUT2D eigenvalue weighted by Gasteiger charge is 1.71. The van der Waals surface area contributed by atoms with Crippen LogP contribution in [0.1, 0.15) is 6.92 Å². The van der Waals surface area contributed by atoms with Crippen LogP contribution in [0.5, 0.6) is 0 Å². The minimum absolute atomic E-state index is 0.558. The van der Waals surface area contributed by atoms with Crippen LogP contribution in [-0.2, 0) is 4.74 Å². The van der Waals surface area contributed by atoms with Gasteiger partial charge in [-0.25, -0.2) is 0 Å². The first kappa shape index (κ1) is 8.00. The highest BCUT2D eigenvalue weighted by molar-refractivity contribution is 9.09. The summed E-state index contributed by atoms with van der Waals surface area (Å²) in [6.45, 7) is 3.26. The molecule has 0 aliphatic rings. The Bertz CT molecular complexity index is 90.4. The Hall–Kier alpha value is 0. The fraction of sp³-hybridized carbons (Fsp3) is 0.667. The van der Waals surface area contributed by atoms with E-state index in [0.717, 1.165) is 11.9 Å². The second-order valence-corrected chi connectivity index (χ2v) is 1.69. The summed E-state index contributed by atoms with van der Waals surface area (Å²) in [6, 6.07) is 0. The molecule has 0 heterocycles. The molecule has 8 heavy (non-hydrogen) atoms. The van der Waals surface area contributed by atoms with Crippen molar-refractivity contribution in [1.82, 2.24) is 0 Å². The maximum atomic E-state index is 4.94. The van der Waals surface area contributed by atoms with E-state index in [-0.39, 0.29) is 0 Å². The van der Waals surface area contributed by atoms with E-state index in [9.17, 15) is 0 Å². The minimum Gasteiger partial charge on any atom is -0.369 e.